The van der Waals surface area contributed by atoms with E-state index in [4.69, 9.17) is 49.4 Å². The van der Waals surface area contributed by atoms with Crippen molar-refractivity contribution in [2.75, 3.05) is 31.1 Å². The standard InChI is InChI=1S/C16H16Cl3NO5S/c17-13-9-15(19)16(10-14(13)18)26(22,23)20-11-1-3-12(4-2-11)25-8-7-24-6-5-21/h1-4,9-10,20-21H,5-8H2. The maximum absolute atomic E-state index is 12.5. The molecule has 0 aliphatic carbocycles. The summed E-state index contributed by atoms with van der Waals surface area (Å²) in [7, 11) is -3.93. The zero-order valence-electron chi connectivity index (χ0n) is 13.4. The molecule has 0 radical (unpaired) electrons. The van der Waals surface area contributed by atoms with Gasteiger partial charge in [-0.15, -0.1) is 0 Å². The number of aliphatic hydroxyl groups is 1. The Kier molecular flexibility index (Phi) is 7.82. The lowest BCUT2D eigenvalue weighted by atomic mass is 10.3. The van der Waals surface area contributed by atoms with Crippen molar-refractivity contribution in [2.45, 2.75) is 4.90 Å². The van der Waals surface area contributed by atoms with Crippen molar-refractivity contribution < 1.29 is 23.0 Å². The van der Waals surface area contributed by atoms with Crippen LogP contribution in [0, 0.1) is 0 Å². The lowest BCUT2D eigenvalue weighted by Gasteiger charge is -2.11. The number of rotatable bonds is 9. The van der Waals surface area contributed by atoms with E-state index in [1.165, 1.54) is 12.1 Å². The molecule has 0 bridgehead atoms. The van der Waals surface area contributed by atoms with Crippen molar-refractivity contribution in [1.82, 2.24) is 0 Å². The van der Waals surface area contributed by atoms with Gasteiger partial charge < -0.3 is 14.6 Å². The van der Waals surface area contributed by atoms with E-state index in [-0.39, 0.29) is 33.2 Å². The molecule has 0 saturated heterocycles. The number of nitrogens with one attached hydrogen (secondary N) is 1. The van der Waals surface area contributed by atoms with E-state index in [2.05, 4.69) is 4.72 Å². The highest BCUT2D eigenvalue weighted by Gasteiger charge is 2.20. The molecule has 6 nitrogen and oxygen atoms in total. The number of ether oxygens (including phenoxy) is 2. The van der Waals surface area contributed by atoms with Gasteiger partial charge in [0.1, 0.15) is 17.3 Å². The molecule has 0 heterocycles. The monoisotopic (exact) mass is 439 g/mol. The molecule has 0 fully saturated rings. The fourth-order valence-corrected chi connectivity index (χ4v) is 3.99. The van der Waals surface area contributed by atoms with Crippen LogP contribution in [-0.2, 0) is 14.8 Å². The molecular weight excluding hydrogens is 425 g/mol. The zero-order valence-corrected chi connectivity index (χ0v) is 16.5. The minimum absolute atomic E-state index is 0.0327. The molecule has 0 atom stereocenters. The molecule has 2 rings (SSSR count). The molecule has 0 unspecified atom stereocenters. The number of anilines is 1. The summed E-state index contributed by atoms with van der Waals surface area (Å²) >= 11 is 17.6. The van der Waals surface area contributed by atoms with Gasteiger partial charge in [-0.25, -0.2) is 8.42 Å². The first-order chi connectivity index (χ1) is 12.3. The molecule has 2 aromatic rings. The van der Waals surface area contributed by atoms with E-state index in [1.54, 1.807) is 24.3 Å². The minimum Gasteiger partial charge on any atom is -0.491 e. The Morgan fingerprint density at radius 1 is 0.923 bits per heavy atom. The van der Waals surface area contributed by atoms with Gasteiger partial charge in [0.25, 0.3) is 10.0 Å². The first-order valence-electron chi connectivity index (χ1n) is 7.42. The zero-order chi connectivity index (χ0) is 19.2. The Labute approximate surface area is 166 Å². The summed E-state index contributed by atoms with van der Waals surface area (Å²) in [6, 6.07) is 8.79. The molecular formula is C16H16Cl3NO5S. The fraction of sp³-hybridized carbons (Fsp3) is 0.250. The maximum Gasteiger partial charge on any atom is 0.263 e. The number of hydrogen-bond donors (Lipinski definition) is 2. The molecule has 10 heteroatoms. The van der Waals surface area contributed by atoms with Crippen LogP contribution < -0.4 is 9.46 Å². The van der Waals surface area contributed by atoms with Crippen LogP contribution >= 0.6 is 34.8 Å². The van der Waals surface area contributed by atoms with Gasteiger partial charge >= 0.3 is 0 Å². The quantitative estimate of drug-likeness (QED) is 0.457. The molecule has 2 N–H and O–H groups in total. The first kappa shape index (κ1) is 21.1. The second-order valence-corrected chi connectivity index (χ2v) is 7.88. The van der Waals surface area contributed by atoms with E-state index < -0.39 is 10.0 Å². The number of halogens is 3. The second kappa shape index (κ2) is 9.64. The summed E-state index contributed by atoms with van der Waals surface area (Å²) in [5.41, 5.74) is 0.330. The summed E-state index contributed by atoms with van der Waals surface area (Å²) in [5.74, 6) is 0.549. The summed E-state index contributed by atoms with van der Waals surface area (Å²) in [6.45, 7) is 0.855. The van der Waals surface area contributed by atoms with Gasteiger partial charge in [-0.05, 0) is 36.4 Å². The van der Waals surface area contributed by atoms with Gasteiger partial charge in [0.2, 0.25) is 0 Å². The van der Waals surface area contributed by atoms with Crippen LogP contribution in [0.15, 0.2) is 41.3 Å². The number of benzene rings is 2. The molecule has 0 saturated carbocycles. The van der Waals surface area contributed by atoms with Crippen LogP contribution in [0.1, 0.15) is 0 Å². The molecule has 0 aliphatic heterocycles. The minimum atomic E-state index is -3.93. The SMILES string of the molecule is O=S(=O)(Nc1ccc(OCCOCCO)cc1)c1cc(Cl)c(Cl)cc1Cl. The highest BCUT2D eigenvalue weighted by Crippen LogP contribution is 2.32. The van der Waals surface area contributed by atoms with E-state index in [0.29, 0.717) is 24.7 Å². The molecule has 2 aromatic carbocycles. The lowest BCUT2D eigenvalue weighted by molar-refractivity contribution is 0.0705. The first-order valence-corrected chi connectivity index (χ1v) is 10.0. The molecule has 0 amide bonds. The van der Waals surface area contributed by atoms with Gasteiger partial charge in [-0.2, -0.15) is 0 Å². The maximum atomic E-state index is 12.5. The fourth-order valence-electron chi connectivity index (χ4n) is 1.92. The van der Waals surface area contributed by atoms with Crippen LogP contribution in [0.25, 0.3) is 0 Å². The molecule has 0 aromatic heterocycles. The molecule has 0 spiro atoms. The van der Waals surface area contributed by atoms with Crippen LogP contribution in [-0.4, -0.2) is 40.0 Å². The van der Waals surface area contributed by atoms with Crippen LogP contribution in [0.3, 0.4) is 0 Å². The van der Waals surface area contributed by atoms with Crippen molar-refractivity contribution in [3.8, 4) is 5.75 Å². The average Bonchev–Trinajstić information content (AvgIpc) is 2.59. The van der Waals surface area contributed by atoms with Crippen molar-refractivity contribution in [3.63, 3.8) is 0 Å². The Bertz CT molecular complexity index is 844. The largest absolute Gasteiger partial charge is 0.491 e. The number of aliphatic hydroxyl groups excluding tert-OH is 1. The van der Waals surface area contributed by atoms with E-state index >= 15 is 0 Å². The van der Waals surface area contributed by atoms with Crippen LogP contribution in [0.5, 0.6) is 5.75 Å². The van der Waals surface area contributed by atoms with Crippen LogP contribution in [0.4, 0.5) is 5.69 Å². The second-order valence-electron chi connectivity index (χ2n) is 5.01. The van der Waals surface area contributed by atoms with Gasteiger partial charge in [-0.3, -0.25) is 4.72 Å². The number of hydrogen-bond acceptors (Lipinski definition) is 5. The Balaban J connectivity index is 2.03. The highest BCUT2D eigenvalue weighted by molar-refractivity contribution is 7.92. The van der Waals surface area contributed by atoms with E-state index in [0.717, 1.165) is 0 Å². The van der Waals surface area contributed by atoms with Crippen LogP contribution in [0.2, 0.25) is 15.1 Å². The van der Waals surface area contributed by atoms with E-state index in [1.807, 2.05) is 0 Å². The molecule has 142 valence electrons. The summed E-state index contributed by atoms with van der Waals surface area (Å²) in [5, 5.41) is 8.81. The van der Waals surface area contributed by atoms with Crippen molar-refractivity contribution in [2.24, 2.45) is 0 Å². The normalized spacial score (nSPS) is 11.4. The predicted molar refractivity (Wildman–Crippen MR) is 102 cm³/mol. The summed E-state index contributed by atoms with van der Waals surface area (Å²) in [6.07, 6.45) is 0. The smallest absolute Gasteiger partial charge is 0.263 e. The van der Waals surface area contributed by atoms with E-state index in [9.17, 15) is 8.42 Å². The van der Waals surface area contributed by atoms with Gasteiger partial charge in [0.15, 0.2) is 0 Å². The highest BCUT2D eigenvalue weighted by atomic mass is 35.5. The average molecular weight is 441 g/mol. The molecule has 0 aliphatic rings. The van der Waals surface area contributed by atoms with Crippen molar-refractivity contribution >= 4 is 50.5 Å². The van der Waals surface area contributed by atoms with Gasteiger partial charge in [-0.1, -0.05) is 34.8 Å². The Morgan fingerprint density at radius 3 is 2.23 bits per heavy atom. The van der Waals surface area contributed by atoms with Gasteiger partial charge in [0, 0.05) is 5.69 Å². The lowest BCUT2D eigenvalue weighted by Crippen LogP contribution is -2.13. The third-order valence-corrected chi connectivity index (χ3v) is 5.67. The Hall–Kier alpha value is -1.22. The van der Waals surface area contributed by atoms with Crippen molar-refractivity contribution in [3.05, 3.63) is 51.5 Å². The third kappa shape index (κ3) is 5.90. The predicted octanol–water partition coefficient (Wildman–Crippen LogP) is 3.84. The summed E-state index contributed by atoms with van der Waals surface area (Å²) in [4.78, 5) is -0.171. The Morgan fingerprint density at radius 2 is 1.58 bits per heavy atom. The van der Waals surface area contributed by atoms with Gasteiger partial charge in [0.05, 0.1) is 34.9 Å². The topological polar surface area (TPSA) is 84.9 Å². The number of sulfonamides is 1. The molecule has 26 heavy (non-hydrogen) atoms. The third-order valence-electron chi connectivity index (χ3n) is 3.10. The van der Waals surface area contributed by atoms with Crippen molar-refractivity contribution in [1.29, 1.82) is 0 Å². The summed E-state index contributed by atoms with van der Waals surface area (Å²) < 4.78 is 37.9.